The molecule has 3 aromatic rings. The van der Waals surface area contributed by atoms with Gasteiger partial charge < -0.3 is 19.1 Å². The summed E-state index contributed by atoms with van der Waals surface area (Å²) in [6.07, 6.45) is 1.93. The summed E-state index contributed by atoms with van der Waals surface area (Å²) in [6, 6.07) is 17.9. The first-order chi connectivity index (χ1) is 20.8. The van der Waals surface area contributed by atoms with Crippen molar-refractivity contribution in [1.82, 2.24) is 4.98 Å². The molecule has 1 saturated heterocycles. The molecule has 234 valence electrons. The third kappa shape index (κ3) is 8.18. The highest BCUT2D eigenvalue weighted by atomic mass is 16.6. The zero-order valence-electron chi connectivity index (χ0n) is 27.6. The smallest absolute Gasteiger partial charge is 0.340 e. The van der Waals surface area contributed by atoms with Crippen molar-refractivity contribution < 1.29 is 19.0 Å². The van der Waals surface area contributed by atoms with Gasteiger partial charge in [-0.3, -0.25) is 4.98 Å². The number of hydrogen-bond donors (Lipinski definition) is 0. The van der Waals surface area contributed by atoms with Crippen LogP contribution >= 0.6 is 0 Å². The SMILES string of the molecule is CCOC(=O)[C@@H](OC(C)(C)C)c1c(C)nc(C)c(-c2ccc(OCCc3ccc(C#N)cc3)cc2)c1N1CCC(C)(C)CC1. The average molecular weight is 598 g/mol. The Morgan fingerprint density at radius 1 is 1.02 bits per heavy atom. The number of carbonyl (C=O) groups is 1. The molecular weight excluding hydrogens is 550 g/mol. The van der Waals surface area contributed by atoms with E-state index in [9.17, 15) is 4.79 Å². The second kappa shape index (κ2) is 13.8. The molecule has 2 aromatic carbocycles. The standard InChI is InChI=1S/C37H47N3O4/c1-9-42-35(41)34(44-36(4,5)6)32-26(3)39-25(2)31(33(32)40-21-19-37(7,8)20-22-40)29-14-16-30(17-15-29)43-23-18-27-10-12-28(24-38)13-11-27/h10-17,34H,9,18-23H2,1-8H3/t34-/m0/s1. The molecule has 0 amide bonds. The molecule has 1 fully saturated rings. The summed E-state index contributed by atoms with van der Waals surface area (Å²) in [5.41, 5.74) is 6.92. The van der Waals surface area contributed by atoms with E-state index in [1.807, 2.05) is 77.9 Å². The van der Waals surface area contributed by atoms with Crippen LogP contribution in [0, 0.1) is 30.6 Å². The zero-order chi connectivity index (χ0) is 32.1. The molecule has 1 atom stereocenters. The molecule has 7 heteroatoms. The van der Waals surface area contributed by atoms with E-state index in [2.05, 4.69) is 36.9 Å². The van der Waals surface area contributed by atoms with Gasteiger partial charge >= 0.3 is 5.97 Å². The van der Waals surface area contributed by atoms with Crippen LogP contribution in [-0.4, -0.2) is 42.9 Å². The van der Waals surface area contributed by atoms with E-state index in [4.69, 9.17) is 24.5 Å². The quantitative estimate of drug-likeness (QED) is 0.220. The van der Waals surface area contributed by atoms with Crippen molar-refractivity contribution in [2.45, 2.75) is 86.4 Å². The Balaban J connectivity index is 1.72. The van der Waals surface area contributed by atoms with Crippen LogP contribution in [0.25, 0.3) is 11.1 Å². The number of hydrogen-bond acceptors (Lipinski definition) is 7. The van der Waals surface area contributed by atoms with Gasteiger partial charge in [0.05, 0.1) is 36.1 Å². The summed E-state index contributed by atoms with van der Waals surface area (Å²) >= 11 is 0. The summed E-state index contributed by atoms with van der Waals surface area (Å²) in [6.45, 7) is 18.9. The Morgan fingerprint density at radius 2 is 1.66 bits per heavy atom. The third-order valence-electron chi connectivity index (χ3n) is 8.13. The molecule has 0 unspecified atom stereocenters. The summed E-state index contributed by atoms with van der Waals surface area (Å²) < 4.78 is 18.1. The Bertz CT molecular complexity index is 1470. The second-order valence-electron chi connectivity index (χ2n) is 13.4. The highest BCUT2D eigenvalue weighted by Gasteiger charge is 2.37. The number of nitrogens with zero attached hydrogens (tertiary/aromatic N) is 3. The first-order valence-corrected chi connectivity index (χ1v) is 15.6. The highest BCUT2D eigenvalue weighted by Crippen LogP contribution is 2.45. The van der Waals surface area contributed by atoms with Crippen molar-refractivity contribution in [3.05, 3.63) is 76.6 Å². The second-order valence-corrected chi connectivity index (χ2v) is 13.4. The molecule has 1 aliphatic rings. The maximum Gasteiger partial charge on any atom is 0.340 e. The van der Waals surface area contributed by atoms with Crippen LogP contribution in [0.5, 0.6) is 5.75 Å². The molecule has 1 aromatic heterocycles. The first-order valence-electron chi connectivity index (χ1n) is 15.6. The van der Waals surface area contributed by atoms with Crippen LogP contribution in [0.15, 0.2) is 48.5 Å². The van der Waals surface area contributed by atoms with Gasteiger partial charge in [0.2, 0.25) is 0 Å². The fraction of sp³-hybridized carbons (Fsp3) is 0.486. The lowest BCUT2D eigenvalue weighted by Gasteiger charge is -2.41. The van der Waals surface area contributed by atoms with Crippen molar-refractivity contribution in [1.29, 1.82) is 5.26 Å². The van der Waals surface area contributed by atoms with Gasteiger partial charge in [-0.25, -0.2) is 4.79 Å². The normalized spacial score (nSPS) is 15.4. The predicted molar refractivity (Wildman–Crippen MR) is 175 cm³/mol. The molecule has 2 heterocycles. The average Bonchev–Trinajstić information content (AvgIpc) is 2.96. The summed E-state index contributed by atoms with van der Waals surface area (Å²) in [5, 5.41) is 9.03. The molecule has 0 saturated carbocycles. The summed E-state index contributed by atoms with van der Waals surface area (Å²) in [5.74, 6) is 0.383. The van der Waals surface area contributed by atoms with Gasteiger partial charge in [-0.1, -0.05) is 38.1 Å². The number of aryl methyl sites for hydroxylation is 2. The first kappa shape index (κ1) is 33.0. The molecule has 44 heavy (non-hydrogen) atoms. The van der Waals surface area contributed by atoms with E-state index in [0.29, 0.717) is 12.2 Å². The van der Waals surface area contributed by atoms with Gasteiger partial charge in [0.15, 0.2) is 6.10 Å². The number of anilines is 1. The van der Waals surface area contributed by atoms with E-state index in [1.165, 1.54) is 0 Å². The lowest BCUT2D eigenvalue weighted by molar-refractivity contribution is -0.166. The Morgan fingerprint density at radius 3 is 2.23 bits per heavy atom. The minimum atomic E-state index is -0.906. The monoisotopic (exact) mass is 597 g/mol. The lowest BCUT2D eigenvalue weighted by Crippen LogP contribution is -2.39. The van der Waals surface area contributed by atoms with Crippen molar-refractivity contribution in [3.8, 4) is 22.9 Å². The van der Waals surface area contributed by atoms with Gasteiger partial charge in [0, 0.05) is 42.0 Å². The van der Waals surface area contributed by atoms with E-state index >= 15 is 0 Å². The van der Waals surface area contributed by atoms with Crippen molar-refractivity contribution in [3.63, 3.8) is 0 Å². The minimum absolute atomic E-state index is 0.257. The topological polar surface area (TPSA) is 84.7 Å². The largest absolute Gasteiger partial charge is 0.493 e. The van der Waals surface area contributed by atoms with Crippen LogP contribution in [-0.2, 0) is 20.7 Å². The molecule has 0 N–H and O–H groups in total. The van der Waals surface area contributed by atoms with E-state index < -0.39 is 17.7 Å². The number of rotatable bonds is 10. The molecule has 0 spiro atoms. The number of pyridine rings is 1. The van der Waals surface area contributed by atoms with Gasteiger partial charge in [-0.15, -0.1) is 0 Å². The number of esters is 1. The maximum atomic E-state index is 13.5. The number of piperidine rings is 1. The fourth-order valence-electron chi connectivity index (χ4n) is 5.72. The van der Waals surface area contributed by atoms with Crippen LogP contribution in [0.3, 0.4) is 0 Å². The molecule has 4 rings (SSSR count). The summed E-state index contributed by atoms with van der Waals surface area (Å²) in [4.78, 5) is 20.9. The predicted octanol–water partition coefficient (Wildman–Crippen LogP) is 7.90. The van der Waals surface area contributed by atoms with Gasteiger partial charge in [-0.05, 0) is 95.2 Å². The number of carbonyl (C=O) groups excluding carboxylic acids is 1. The van der Waals surface area contributed by atoms with Crippen molar-refractivity contribution >= 4 is 11.7 Å². The van der Waals surface area contributed by atoms with Crippen molar-refractivity contribution in [2.24, 2.45) is 5.41 Å². The lowest BCUT2D eigenvalue weighted by atomic mass is 9.82. The summed E-state index contributed by atoms with van der Waals surface area (Å²) in [7, 11) is 0. The zero-order valence-corrected chi connectivity index (χ0v) is 27.6. The van der Waals surface area contributed by atoms with Gasteiger partial charge in [0.25, 0.3) is 0 Å². The van der Waals surface area contributed by atoms with Crippen molar-refractivity contribution in [2.75, 3.05) is 31.2 Å². The number of nitriles is 1. The molecule has 0 radical (unpaired) electrons. The van der Waals surface area contributed by atoms with Crippen LogP contribution in [0.4, 0.5) is 5.69 Å². The molecule has 7 nitrogen and oxygen atoms in total. The number of benzene rings is 2. The molecular formula is C37H47N3O4. The van der Waals surface area contributed by atoms with E-state index in [-0.39, 0.29) is 12.0 Å². The molecule has 0 bridgehead atoms. The highest BCUT2D eigenvalue weighted by molar-refractivity contribution is 5.88. The van der Waals surface area contributed by atoms with Gasteiger partial charge in [0.1, 0.15) is 5.75 Å². The maximum absolute atomic E-state index is 13.5. The Kier molecular flexibility index (Phi) is 10.4. The van der Waals surface area contributed by atoms with E-state index in [1.54, 1.807) is 0 Å². The van der Waals surface area contributed by atoms with E-state index in [0.717, 1.165) is 77.4 Å². The van der Waals surface area contributed by atoms with Crippen LogP contribution in [0.1, 0.15) is 88.6 Å². The fourth-order valence-corrected chi connectivity index (χ4v) is 5.72. The van der Waals surface area contributed by atoms with Crippen LogP contribution < -0.4 is 9.64 Å². The Hall–Kier alpha value is -3.89. The van der Waals surface area contributed by atoms with Crippen LogP contribution in [0.2, 0.25) is 0 Å². The Labute approximate surface area is 263 Å². The number of ether oxygens (including phenoxy) is 3. The number of aromatic nitrogens is 1. The minimum Gasteiger partial charge on any atom is -0.493 e. The molecule has 0 aliphatic carbocycles. The third-order valence-corrected chi connectivity index (χ3v) is 8.13. The van der Waals surface area contributed by atoms with Gasteiger partial charge in [-0.2, -0.15) is 5.26 Å². The molecule has 1 aliphatic heterocycles.